The van der Waals surface area contributed by atoms with Crippen molar-refractivity contribution in [3.8, 4) is 0 Å². The first-order valence-electron chi connectivity index (χ1n) is 7.73. The second-order valence-electron chi connectivity index (χ2n) is 6.14. The molecule has 2 aliphatic rings. The lowest BCUT2D eigenvalue weighted by molar-refractivity contribution is 0.0718. The van der Waals surface area contributed by atoms with Crippen molar-refractivity contribution >= 4 is 23.2 Å². The molecule has 1 N–H and O–H groups in total. The fourth-order valence-corrected chi connectivity index (χ4v) is 4.61. The molecule has 2 aliphatic heterocycles. The van der Waals surface area contributed by atoms with Crippen LogP contribution in [0.15, 0.2) is 28.2 Å². The molecule has 23 heavy (non-hydrogen) atoms. The molecule has 0 saturated carbocycles. The predicted molar refractivity (Wildman–Crippen MR) is 84.4 cm³/mol. The molecule has 120 valence electrons. The third-order valence-corrected chi connectivity index (χ3v) is 5.81. The molecule has 2 amide bonds. The molecule has 7 heteroatoms. The lowest BCUT2D eigenvalue weighted by Gasteiger charge is -2.24. The summed E-state index contributed by atoms with van der Waals surface area (Å²) in [5, 5.41) is 8.50. The smallest absolute Gasteiger partial charge is 0.290 e. The fraction of sp³-hybridized carbons (Fsp3) is 0.438. The fourth-order valence-electron chi connectivity index (χ4n) is 3.74. The summed E-state index contributed by atoms with van der Waals surface area (Å²) in [6, 6.07) is 3.78. The van der Waals surface area contributed by atoms with Crippen LogP contribution in [0.5, 0.6) is 0 Å². The Morgan fingerprint density at radius 1 is 1.39 bits per heavy atom. The van der Waals surface area contributed by atoms with Crippen LogP contribution in [0.25, 0.3) is 0 Å². The summed E-state index contributed by atoms with van der Waals surface area (Å²) in [5.74, 6) is 0.0425. The van der Waals surface area contributed by atoms with Crippen LogP contribution in [-0.4, -0.2) is 40.0 Å². The van der Waals surface area contributed by atoms with Crippen LogP contribution >= 0.6 is 11.3 Å². The Morgan fingerprint density at radius 2 is 2.26 bits per heavy atom. The normalized spacial score (nSPS) is 25.8. The number of amides is 2. The van der Waals surface area contributed by atoms with Gasteiger partial charge in [-0.2, -0.15) is 0 Å². The summed E-state index contributed by atoms with van der Waals surface area (Å²) >= 11 is 1.49. The van der Waals surface area contributed by atoms with E-state index in [1.54, 1.807) is 6.07 Å². The Morgan fingerprint density at radius 3 is 2.96 bits per heavy atom. The van der Waals surface area contributed by atoms with Crippen LogP contribution in [0.3, 0.4) is 0 Å². The Labute approximate surface area is 137 Å². The van der Waals surface area contributed by atoms with Crippen molar-refractivity contribution in [1.29, 1.82) is 0 Å². The lowest BCUT2D eigenvalue weighted by Crippen LogP contribution is -2.45. The molecule has 0 spiro atoms. The maximum atomic E-state index is 12.8. The molecule has 6 nitrogen and oxygen atoms in total. The van der Waals surface area contributed by atoms with E-state index >= 15 is 0 Å². The average molecular weight is 331 g/mol. The molecule has 4 heterocycles. The molecular weight excluding hydrogens is 314 g/mol. The van der Waals surface area contributed by atoms with Crippen LogP contribution in [0.4, 0.5) is 0 Å². The average Bonchev–Trinajstić information content (AvgIpc) is 3.30. The standard InChI is InChI=1S/C16H17N3O3S/c1-9-5-7-23-14(9)16(21)19-10-2-3-12(19)11(8-10)18-15(20)13-4-6-17-22-13/h4-7,10-12H,2-3,8H2,1H3,(H,18,20)/t10?,11-,12?/m1/s1. The van der Waals surface area contributed by atoms with Gasteiger partial charge in [-0.25, -0.2) is 0 Å². The second-order valence-corrected chi connectivity index (χ2v) is 7.05. The molecular formula is C16H17N3O3S. The van der Waals surface area contributed by atoms with Crippen molar-refractivity contribution in [2.24, 2.45) is 0 Å². The molecule has 2 aromatic heterocycles. The van der Waals surface area contributed by atoms with Crippen molar-refractivity contribution < 1.29 is 14.1 Å². The third kappa shape index (κ3) is 2.35. The molecule has 2 unspecified atom stereocenters. The van der Waals surface area contributed by atoms with E-state index in [4.69, 9.17) is 4.52 Å². The zero-order valence-corrected chi connectivity index (χ0v) is 13.5. The highest BCUT2D eigenvalue weighted by atomic mass is 32.1. The van der Waals surface area contributed by atoms with Gasteiger partial charge in [0.15, 0.2) is 0 Å². The van der Waals surface area contributed by atoms with Gasteiger partial charge in [-0.05, 0) is 43.2 Å². The number of hydrogen-bond acceptors (Lipinski definition) is 5. The predicted octanol–water partition coefficient (Wildman–Crippen LogP) is 2.22. The Hall–Kier alpha value is -2.15. The summed E-state index contributed by atoms with van der Waals surface area (Å²) in [6.45, 7) is 1.96. The van der Waals surface area contributed by atoms with E-state index in [9.17, 15) is 9.59 Å². The molecule has 2 aromatic rings. The first kappa shape index (κ1) is 14.4. The van der Waals surface area contributed by atoms with Crippen LogP contribution in [-0.2, 0) is 0 Å². The summed E-state index contributed by atoms with van der Waals surface area (Å²) < 4.78 is 4.89. The van der Waals surface area contributed by atoms with Gasteiger partial charge in [0.05, 0.1) is 23.2 Å². The molecule has 2 bridgehead atoms. The van der Waals surface area contributed by atoms with Crippen LogP contribution < -0.4 is 5.32 Å². The topological polar surface area (TPSA) is 75.4 Å². The molecule has 3 atom stereocenters. The molecule has 2 fully saturated rings. The van der Waals surface area contributed by atoms with E-state index in [1.807, 2.05) is 23.3 Å². The van der Waals surface area contributed by atoms with E-state index in [0.29, 0.717) is 0 Å². The van der Waals surface area contributed by atoms with Gasteiger partial charge < -0.3 is 14.7 Å². The number of carbonyl (C=O) groups is 2. The number of rotatable bonds is 3. The number of aryl methyl sites for hydroxylation is 1. The molecule has 0 aliphatic carbocycles. The number of thiophene rings is 1. The van der Waals surface area contributed by atoms with E-state index in [1.165, 1.54) is 17.5 Å². The number of fused-ring (bicyclic) bond motifs is 2. The van der Waals surface area contributed by atoms with Crippen LogP contribution in [0, 0.1) is 6.92 Å². The van der Waals surface area contributed by atoms with Crippen molar-refractivity contribution in [1.82, 2.24) is 15.4 Å². The van der Waals surface area contributed by atoms with E-state index < -0.39 is 0 Å². The Bertz CT molecular complexity index is 740. The minimum atomic E-state index is -0.264. The van der Waals surface area contributed by atoms with E-state index in [0.717, 1.165) is 29.7 Å². The highest BCUT2D eigenvalue weighted by Crippen LogP contribution is 2.39. The zero-order chi connectivity index (χ0) is 16.0. The number of hydrogen-bond donors (Lipinski definition) is 1. The van der Waals surface area contributed by atoms with Gasteiger partial charge in [0.2, 0.25) is 5.76 Å². The first-order valence-corrected chi connectivity index (χ1v) is 8.61. The second kappa shape index (κ2) is 5.49. The number of nitrogens with one attached hydrogen (secondary N) is 1. The highest BCUT2D eigenvalue weighted by Gasteiger charge is 2.49. The highest BCUT2D eigenvalue weighted by molar-refractivity contribution is 7.12. The van der Waals surface area contributed by atoms with Gasteiger partial charge in [0, 0.05) is 12.1 Å². The van der Waals surface area contributed by atoms with Gasteiger partial charge in [0.25, 0.3) is 11.8 Å². The van der Waals surface area contributed by atoms with Gasteiger partial charge in [0.1, 0.15) is 0 Å². The van der Waals surface area contributed by atoms with Gasteiger partial charge in [-0.15, -0.1) is 11.3 Å². The van der Waals surface area contributed by atoms with Crippen LogP contribution in [0.2, 0.25) is 0 Å². The van der Waals surface area contributed by atoms with Crippen molar-refractivity contribution in [3.05, 3.63) is 39.9 Å². The van der Waals surface area contributed by atoms with Crippen molar-refractivity contribution in [2.45, 2.75) is 44.3 Å². The number of aromatic nitrogens is 1. The van der Waals surface area contributed by atoms with E-state index in [2.05, 4.69) is 10.5 Å². The summed E-state index contributed by atoms with van der Waals surface area (Å²) in [6.07, 6.45) is 4.20. The minimum absolute atomic E-state index is 0.0180. The van der Waals surface area contributed by atoms with Gasteiger partial charge >= 0.3 is 0 Å². The van der Waals surface area contributed by atoms with E-state index in [-0.39, 0.29) is 35.7 Å². The SMILES string of the molecule is Cc1ccsc1C(=O)N1C2CCC1[C@H](NC(=O)c1ccno1)C2. The largest absolute Gasteiger partial charge is 0.351 e. The molecule has 0 aromatic carbocycles. The monoisotopic (exact) mass is 331 g/mol. The third-order valence-electron chi connectivity index (χ3n) is 4.81. The quantitative estimate of drug-likeness (QED) is 0.936. The van der Waals surface area contributed by atoms with Crippen molar-refractivity contribution in [2.75, 3.05) is 0 Å². The lowest BCUT2D eigenvalue weighted by atomic mass is 9.95. The maximum Gasteiger partial charge on any atom is 0.290 e. The first-order chi connectivity index (χ1) is 11.1. The molecule has 4 rings (SSSR count). The summed E-state index contributed by atoms with van der Waals surface area (Å²) in [5.41, 5.74) is 1.02. The Balaban J connectivity index is 1.51. The molecule has 2 saturated heterocycles. The van der Waals surface area contributed by atoms with Gasteiger partial charge in [-0.3, -0.25) is 9.59 Å². The summed E-state index contributed by atoms with van der Waals surface area (Å²) in [4.78, 5) is 27.8. The van der Waals surface area contributed by atoms with Gasteiger partial charge in [-0.1, -0.05) is 5.16 Å². The maximum absolute atomic E-state index is 12.8. The van der Waals surface area contributed by atoms with Crippen LogP contribution in [0.1, 0.15) is 45.1 Å². The van der Waals surface area contributed by atoms with Crippen molar-refractivity contribution in [3.63, 3.8) is 0 Å². The summed E-state index contributed by atoms with van der Waals surface area (Å²) in [7, 11) is 0. The molecule has 0 radical (unpaired) electrons. The Kier molecular flexibility index (Phi) is 3.45. The number of carbonyl (C=O) groups excluding carboxylic acids is 2. The minimum Gasteiger partial charge on any atom is -0.351 e. The zero-order valence-electron chi connectivity index (χ0n) is 12.7. The number of nitrogens with zero attached hydrogens (tertiary/aromatic N) is 2.